The number of hydrogen-bond acceptors (Lipinski definition) is 6. The van der Waals surface area contributed by atoms with Crippen molar-refractivity contribution in [1.82, 2.24) is 24.4 Å². The van der Waals surface area contributed by atoms with Crippen LogP contribution in [-0.4, -0.2) is 49.6 Å². The lowest BCUT2D eigenvalue weighted by molar-refractivity contribution is 0.151. The minimum absolute atomic E-state index is 0.0982. The van der Waals surface area contributed by atoms with Gasteiger partial charge in [-0.1, -0.05) is 6.07 Å². The first-order valence-corrected chi connectivity index (χ1v) is 14.7. The van der Waals surface area contributed by atoms with Crippen molar-refractivity contribution in [2.45, 2.75) is 57.1 Å². The van der Waals surface area contributed by atoms with E-state index in [1.54, 1.807) is 34.5 Å². The zero-order valence-corrected chi connectivity index (χ0v) is 23.7. The summed E-state index contributed by atoms with van der Waals surface area (Å²) in [5.41, 5.74) is 6.84. The largest absolute Gasteiger partial charge is 0.484 e. The molecule has 3 amide bonds. The quantitative estimate of drug-likeness (QED) is 0.333. The number of nitrogens with one attached hydrogen (secondary N) is 1. The molecule has 3 aliphatic heterocycles. The van der Waals surface area contributed by atoms with Crippen LogP contribution in [0, 0.1) is 12.7 Å². The summed E-state index contributed by atoms with van der Waals surface area (Å²) >= 11 is 0. The van der Waals surface area contributed by atoms with Gasteiger partial charge in [0.25, 0.3) is 0 Å². The molecule has 0 spiro atoms. The van der Waals surface area contributed by atoms with Crippen molar-refractivity contribution >= 4 is 23.4 Å². The van der Waals surface area contributed by atoms with Crippen LogP contribution in [0.5, 0.6) is 5.75 Å². The van der Waals surface area contributed by atoms with Gasteiger partial charge in [0.1, 0.15) is 29.7 Å². The van der Waals surface area contributed by atoms with Crippen LogP contribution >= 0.6 is 0 Å². The van der Waals surface area contributed by atoms with Gasteiger partial charge in [-0.25, -0.2) is 19.0 Å². The maximum atomic E-state index is 14.5. The molecule has 0 radical (unpaired) electrons. The molecule has 218 valence electrons. The van der Waals surface area contributed by atoms with E-state index in [1.807, 2.05) is 19.1 Å². The van der Waals surface area contributed by atoms with E-state index in [4.69, 9.17) is 9.72 Å². The third-order valence-electron chi connectivity index (χ3n) is 8.95. The number of ether oxygens (including phenoxy) is 1. The number of carbonyl (C=O) groups excluding carboxylic acids is 2. The highest BCUT2D eigenvalue weighted by molar-refractivity contribution is 6.05. The second-order valence-electron chi connectivity index (χ2n) is 11.9. The summed E-state index contributed by atoms with van der Waals surface area (Å²) in [6.07, 6.45) is 9.35. The van der Waals surface area contributed by atoms with Gasteiger partial charge in [-0.3, -0.25) is 19.4 Å². The predicted molar refractivity (Wildman–Crippen MR) is 156 cm³/mol. The van der Waals surface area contributed by atoms with Crippen LogP contribution in [-0.2, 0) is 13.0 Å². The van der Waals surface area contributed by atoms with Crippen LogP contribution in [0.4, 0.5) is 25.4 Å². The van der Waals surface area contributed by atoms with Crippen LogP contribution < -0.4 is 15.0 Å². The topological polar surface area (TPSA) is 105 Å². The molecule has 1 aromatic carbocycles. The molecule has 1 saturated carbocycles. The summed E-state index contributed by atoms with van der Waals surface area (Å²) in [7, 11) is 0. The number of urea groups is 1. The van der Waals surface area contributed by atoms with E-state index < -0.39 is 6.10 Å². The minimum Gasteiger partial charge on any atom is -0.484 e. The lowest BCUT2D eigenvalue weighted by Gasteiger charge is -2.39. The van der Waals surface area contributed by atoms with Crippen molar-refractivity contribution in [2.24, 2.45) is 0 Å². The van der Waals surface area contributed by atoms with Gasteiger partial charge in [0.05, 0.1) is 23.6 Å². The number of aromatic nitrogens is 4. The highest BCUT2D eigenvalue weighted by Crippen LogP contribution is 2.46. The second-order valence-corrected chi connectivity index (χ2v) is 11.9. The van der Waals surface area contributed by atoms with E-state index in [-0.39, 0.29) is 23.8 Å². The van der Waals surface area contributed by atoms with Gasteiger partial charge in [-0.05, 0) is 61.9 Å². The van der Waals surface area contributed by atoms with E-state index in [0.717, 1.165) is 58.7 Å². The molecule has 8 rings (SSSR count). The van der Waals surface area contributed by atoms with Crippen molar-refractivity contribution in [1.29, 1.82) is 0 Å². The molecule has 4 aromatic rings. The van der Waals surface area contributed by atoms with Gasteiger partial charge in [-0.2, -0.15) is 0 Å². The van der Waals surface area contributed by atoms with Crippen molar-refractivity contribution in [3.63, 3.8) is 0 Å². The molecule has 0 bridgehead atoms. The number of nitrogens with zero attached hydrogens (tertiary/aromatic N) is 6. The van der Waals surface area contributed by atoms with Crippen molar-refractivity contribution < 1.29 is 18.7 Å². The van der Waals surface area contributed by atoms with Gasteiger partial charge in [0.2, 0.25) is 0 Å². The first-order valence-electron chi connectivity index (χ1n) is 14.7. The highest BCUT2D eigenvalue weighted by Gasteiger charge is 2.39. The number of benzene rings is 1. The number of amides is 3. The Labute approximate surface area is 247 Å². The molecule has 6 heterocycles. The summed E-state index contributed by atoms with van der Waals surface area (Å²) in [4.78, 5) is 43.1. The van der Waals surface area contributed by atoms with Gasteiger partial charge in [0.15, 0.2) is 0 Å². The van der Waals surface area contributed by atoms with Crippen LogP contribution in [0.15, 0.2) is 55.2 Å². The molecule has 1 aliphatic carbocycles. The van der Waals surface area contributed by atoms with Gasteiger partial charge in [0, 0.05) is 60.8 Å². The van der Waals surface area contributed by atoms with Crippen molar-refractivity contribution in [3.8, 4) is 5.75 Å². The molecule has 43 heavy (non-hydrogen) atoms. The zero-order valence-electron chi connectivity index (χ0n) is 23.7. The number of imidazole rings is 1. The molecule has 1 N–H and O–H groups in total. The Morgan fingerprint density at radius 2 is 1.95 bits per heavy atom. The average Bonchev–Trinajstić information content (AvgIpc) is 3.68. The first-order chi connectivity index (χ1) is 20.9. The molecule has 2 fully saturated rings. The number of halogens is 1. The summed E-state index contributed by atoms with van der Waals surface area (Å²) < 4.78 is 22.2. The monoisotopic (exact) mass is 579 g/mol. The number of carbonyl (C=O) groups is 2. The Morgan fingerprint density at radius 3 is 2.72 bits per heavy atom. The van der Waals surface area contributed by atoms with Gasteiger partial charge in [-0.15, -0.1) is 0 Å². The molecular weight excluding hydrogens is 549 g/mol. The van der Waals surface area contributed by atoms with E-state index in [9.17, 15) is 14.0 Å². The lowest BCUT2D eigenvalue weighted by Crippen LogP contribution is -2.50. The smallest absolute Gasteiger partial charge is 0.329 e. The number of fused-ring (bicyclic) bond motifs is 2. The second kappa shape index (κ2) is 9.89. The Balaban J connectivity index is 1.06. The summed E-state index contributed by atoms with van der Waals surface area (Å²) in [5.74, 6) is 0.754. The Hall–Kier alpha value is -4.80. The third kappa shape index (κ3) is 4.50. The Bertz CT molecular complexity index is 1770. The predicted octanol–water partition coefficient (Wildman–Crippen LogP) is 5.68. The molecule has 4 aliphatic rings. The van der Waals surface area contributed by atoms with E-state index in [1.165, 1.54) is 17.0 Å². The van der Waals surface area contributed by atoms with Crippen LogP contribution in [0.1, 0.15) is 71.0 Å². The third-order valence-corrected chi connectivity index (χ3v) is 8.95. The number of hydrogen-bond donors (Lipinski definition) is 1. The van der Waals surface area contributed by atoms with Crippen molar-refractivity contribution in [3.05, 3.63) is 94.8 Å². The van der Waals surface area contributed by atoms with Gasteiger partial charge < -0.3 is 15.0 Å². The van der Waals surface area contributed by atoms with Crippen LogP contribution in [0.25, 0.3) is 0 Å². The fourth-order valence-electron chi connectivity index (χ4n) is 6.42. The fourth-order valence-corrected chi connectivity index (χ4v) is 6.42. The molecule has 11 heteroatoms. The first kappa shape index (κ1) is 25.9. The summed E-state index contributed by atoms with van der Waals surface area (Å²) in [6.45, 7) is 3.54. The minimum atomic E-state index is -0.484. The molecule has 1 unspecified atom stereocenters. The standard InChI is InChI=1S/C32H30FN7O3/c1-18-11-20-6-7-27(30-23(33)3-2-8-35-30)43-28(20)13-26(18)40-16-22-25(37-31(40)41)12-24(36-29(22)19-4-5-19)21-14-39(15-21)32(42)38-10-9-34-17-38/h2-3,8-13,17,19,21,27H,4-7,14-16H2,1H3,(H,37,41). The molecular formula is C32H30FN7O3. The molecule has 3 aromatic heterocycles. The van der Waals surface area contributed by atoms with Gasteiger partial charge >= 0.3 is 12.1 Å². The SMILES string of the molecule is Cc1cc2c(cc1N1Cc3c(cc(C4CN(C(=O)n5ccnc5)C4)nc3C3CC3)NC1=O)OC(c1ncccc1F)CC2. The maximum absolute atomic E-state index is 14.5. The lowest BCUT2D eigenvalue weighted by atomic mass is 9.93. The van der Waals surface area contributed by atoms with E-state index in [0.29, 0.717) is 43.4 Å². The number of anilines is 2. The number of pyridine rings is 2. The van der Waals surface area contributed by atoms with Crippen LogP contribution in [0.3, 0.4) is 0 Å². The van der Waals surface area contributed by atoms with Crippen LogP contribution in [0.2, 0.25) is 0 Å². The van der Waals surface area contributed by atoms with E-state index in [2.05, 4.69) is 21.4 Å². The molecule has 1 atom stereocenters. The summed E-state index contributed by atoms with van der Waals surface area (Å²) in [6, 6.07) is 8.60. The molecule has 1 saturated heterocycles. The Morgan fingerprint density at radius 1 is 1.09 bits per heavy atom. The maximum Gasteiger partial charge on any atom is 0.329 e. The fraction of sp³-hybridized carbons (Fsp3) is 0.344. The molecule has 10 nitrogen and oxygen atoms in total. The highest BCUT2D eigenvalue weighted by atomic mass is 19.1. The number of rotatable bonds is 4. The number of likely N-dealkylation sites (tertiary alicyclic amines) is 1. The Kier molecular flexibility index (Phi) is 5.95. The average molecular weight is 580 g/mol. The zero-order chi connectivity index (χ0) is 29.2. The normalized spacial score (nSPS) is 19.7. The van der Waals surface area contributed by atoms with Crippen molar-refractivity contribution in [2.75, 3.05) is 23.3 Å². The number of aryl methyl sites for hydroxylation is 2. The summed E-state index contributed by atoms with van der Waals surface area (Å²) in [5, 5.41) is 3.13. The van der Waals surface area contributed by atoms with E-state index >= 15 is 0 Å².